The molecule has 1 atom stereocenters. The standard InChI is InChI=1S/C13H23N3O2/c1-2-11(14)9-12(17)15-5-7-16(8-6-15)13(18)10-3-4-10/h10-11H,2-9,14H2,1H3. The average Bonchev–Trinajstić information content (AvgIpc) is 3.22. The summed E-state index contributed by atoms with van der Waals surface area (Å²) in [6.07, 6.45) is 3.34. The zero-order chi connectivity index (χ0) is 13.1. The fourth-order valence-corrected chi connectivity index (χ4v) is 2.26. The Balaban J connectivity index is 1.75. The first-order valence-corrected chi connectivity index (χ1v) is 6.94. The van der Waals surface area contributed by atoms with Crippen molar-refractivity contribution in [3.63, 3.8) is 0 Å². The molecule has 5 heteroatoms. The van der Waals surface area contributed by atoms with Crippen molar-refractivity contribution < 1.29 is 9.59 Å². The normalized spacial score (nSPS) is 21.9. The third-order valence-electron chi connectivity index (χ3n) is 3.83. The van der Waals surface area contributed by atoms with Crippen LogP contribution in [0.5, 0.6) is 0 Å². The van der Waals surface area contributed by atoms with E-state index in [-0.39, 0.29) is 23.8 Å². The van der Waals surface area contributed by atoms with Crippen LogP contribution in [0.25, 0.3) is 0 Å². The maximum Gasteiger partial charge on any atom is 0.225 e. The first-order chi connectivity index (χ1) is 8.61. The van der Waals surface area contributed by atoms with Gasteiger partial charge in [-0.05, 0) is 19.3 Å². The highest BCUT2D eigenvalue weighted by molar-refractivity contribution is 5.82. The molecule has 102 valence electrons. The van der Waals surface area contributed by atoms with Crippen LogP contribution in [0.4, 0.5) is 0 Å². The van der Waals surface area contributed by atoms with E-state index in [1.165, 1.54) is 0 Å². The molecule has 1 aliphatic carbocycles. The third kappa shape index (κ3) is 3.22. The summed E-state index contributed by atoms with van der Waals surface area (Å²) in [5.74, 6) is 0.691. The van der Waals surface area contributed by atoms with Gasteiger partial charge in [-0.2, -0.15) is 0 Å². The van der Waals surface area contributed by atoms with E-state index < -0.39 is 0 Å². The zero-order valence-electron chi connectivity index (χ0n) is 11.1. The first-order valence-electron chi connectivity index (χ1n) is 6.94. The summed E-state index contributed by atoms with van der Waals surface area (Å²) in [5, 5.41) is 0. The van der Waals surface area contributed by atoms with E-state index in [9.17, 15) is 9.59 Å². The highest BCUT2D eigenvalue weighted by Gasteiger charge is 2.35. The van der Waals surface area contributed by atoms with Crippen molar-refractivity contribution in [1.82, 2.24) is 9.80 Å². The molecule has 2 aliphatic rings. The molecule has 2 amide bonds. The Morgan fingerprint density at radius 1 is 1.17 bits per heavy atom. The predicted octanol–water partition coefficient (Wildman–Crippen LogP) is 0.195. The maximum absolute atomic E-state index is 11.9. The lowest BCUT2D eigenvalue weighted by atomic mass is 10.1. The van der Waals surface area contributed by atoms with Crippen molar-refractivity contribution in [3.8, 4) is 0 Å². The van der Waals surface area contributed by atoms with E-state index in [0.29, 0.717) is 32.6 Å². The minimum Gasteiger partial charge on any atom is -0.339 e. The predicted molar refractivity (Wildman–Crippen MR) is 68.8 cm³/mol. The lowest BCUT2D eigenvalue weighted by molar-refractivity contribution is -0.140. The Labute approximate surface area is 108 Å². The molecule has 1 unspecified atom stereocenters. The molecule has 18 heavy (non-hydrogen) atoms. The van der Waals surface area contributed by atoms with Crippen molar-refractivity contribution in [2.45, 2.75) is 38.6 Å². The topological polar surface area (TPSA) is 66.6 Å². The van der Waals surface area contributed by atoms with Crippen LogP contribution in [0.15, 0.2) is 0 Å². The van der Waals surface area contributed by atoms with E-state index in [1.54, 1.807) is 0 Å². The summed E-state index contributed by atoms with van der Waals surface area (Å²) < 4.78 is 0. The number of hydrogen-bond donors (Lipinski definition) is 1. The van der Waals surface area contributed by atoms with Crippen LogP contribution in [0.2, 0.25) is 0 Å². The Morgan fingerprint density at radius 2 is 1.72 bits per heavy atom. The molecule has 2 N–H and O–H groups in total. The molecule has 2 rings (SSSR count). The number of piperazine rings is 1. The van der Waals surface area contributed by atoms with Gasteiger partial charge in [0.15, 0.2) is 0 Å². The number of hydrogen-bond acceptors (Lipinski definition) is 3. The molecule has 0 spiro atoms. The van der Waals surface area contributed by atoms with Gasteiger partial charge in [-0.1, -0.05) is 6.92 Å². The fourth-order valence-electron chi connectivity index (χ4n) is 2.26. The zero-order valence-corrected chi connectivity index (χ0v) is 11.1. The Kier molecular flexibility index (Phi) is 4.22. The van der Waals surface area contributed by atoms with Gasteiger partial charge in [0.1, 0.15) is 0 Å². The van der Waals surface area contributed by atoms with E-state index in [2.05, 4.69) is 0 Å². The first kappa shape index (κ1) is 13.3. The molecule has 0 aromatic rings. The lowest BCUT2D eigenvalue weighted by Crippen LogP contribution is -2.51. The van der Waals surface area contributed by atoms with Gasteiger partial charge in [0.25, 0.3) is 0 Å². The number of nitrogens with two attached hydrogens (primary N) is 1. The van der Waals surface area contributed by atoms with E-state index in [4.69, 9.17) is 5.73 Å². The van der Waals surface area contributed by atoms with Crippen molar-refractivity contribution in [1.29, 1.82) is 0 Å². The number of nitrogens with zero attached hydrogens (tertiary/aromatic N) is 2. The largest absolute Gasteiger partial charge is 0.339 e. The quantitative estimate of drug-likeness (QED) is 0.778. The molecule has 0 aromatic carbocycles. The lowest BCUT2D eigenvalue weighted by Gasteiger charge is -2.35. The second kappa shape index (κ2) is 5.69. The summed E-state index contributed by atoms with van der Waals surface area (Å²) >= 11 is 0. The summed E-state index contributed by atoms with van der Waals surface area (Å²) in [6, 6.07) is -0.0383. The van der Waals surface area contributed by atoms with Gasteiger partial charge in [0, 0.05) is 44.6 Å². The molecule has 1 saturated heterocycles. The molecule has 2 fully saturated rings. The molecule has 1 saturated carbocycles. The molecule has 5 nitrogen and oxygen atoms in total. The molecule has 1 aliphatic heterocycles. The molecular formula is C13H23N3O2. The average molecular weight is 253 g/mol. The van der Waals surface area contributed by atoms with Crippen molar-refractivity contribution >= 4 is 11.8 Å². The smallest absolute Gasteiger partial charge is 0.225 e. The van der Waals surface area contributed by atoms with E-state index in [1.807, 2.05) is 16.7 Å². The van der Waals surface area contributed by atoms with Crippen LogP contribution in [-0.2, 0) is 9.59 Å². The third-order valence-corrected chi connectivity index (χ3v) is 3.83. The molecule has 0 bridgehead atoms. The van der Waals surface area contributed by atoms with Gasteiger partial charge in [0.2, 0.25) is 11.8 Å². The SMILES string of the molecule is CCC(N)CC(=O)N1CCN(C(=O)C2CC2)CC1. The maximum atomic E-state index is 11.9. The second-order valence-electron chi connectivity index (χ2n) is 5.35. The van der Waals surface area contributed by atoms with E-state index in [0.717, 1.165) is 19.3 Å². The van der Waals surface area contributed by atoms with Crippen molar-refractivity contribution in [3.05, 3.63) is 0 Å². The highest BCUT2D eigenvalue weighted by atomic mass is 16.2. The van der Waals surface area contributed by atoms with Crippen LogP contribution >= 0.6 is 0 Å². The molecule has 0 radical (unpaired) electrons. The van der Waals surface area contributed by atoms with Gasteiger partial charge >= 0.3 is 0 Å². The molecule has 0 aromatic heterocycles. The van der Waals surface area contributed by atoms with Crippen molar-refractivity contribution in [2.75, 3.05) is 26.2 Å². The van der Waals surface area contributed by atoms with E-state index >= 15 is 0 Å². The Morgan fingerprint density at radius 3 is 2.22 bits per heavy atom. The Hall–Kier alpha value is -1.10. The van der Waals surface area contributed by atoms with Gasteiger partial charge in [0.05, 0.1) is 0 Å². The molecular weight excluding hydrogens is 230 g/mol. The Bertz CT molecular complexity index is 320. The number of rotatable bonds is 4. The van der Waals surface area contributed by atoms with Crippen molar-refractivity contribution in [2.24, 2.45) is 11.7 Å². The highest BCUT2D eigenvalue weighted by Crippen LogP contribution is 2.31. The minimum absolute atomic E-state index is 0.0383. The summed E-state index contributed by atoms with van der Waals surface area (Å²) in [4.78, 5) is 27.5. The number of amides is 2. The summed E-state index contributed by atoms with van der Waals surface area (Å²) in [7, 11) is 0. The van der Waals surface area contributed by atoms with Gasteiger partial charge in [-0.3, -0.25) is 9.59 Å². The van der Waals surface area contributed by atoms with Crippen LogP contribution in [0.1, 0.15) is 32.6 Å². The van der Waals surface area contributed by atoms with Crippen LogP contribution in [-0.4, -0.2) is 53.8 Å². The van der Waals surface area contributed by atoms with Crippen LogP contribution < -0.4 is 5.73 Å². The fraction of sp³-hybridized carbons (Fsp3) is 0.846. The number of carbonyl (C=O) groups excluding carboxylic acids is 2. The monoisotopic (exact) mass is 253 g/mol. The van der Waals surface area contributed by atoms with Crippen LogP contribution in [0.3, 0.4) is 0 Å². The summed E-state index contributed by atoms with van der Waals surface area (Å²) in [5.41, 5.74) is 5.79. The minimum atomic E-state index is -0.0383. The summed E-state index contributed by atoms with van der Waals surface area (Å²) in [6.45, 7) is 4.68. The van der Waals surface area contributed by atoms with Gasteiger partial charge in [-0.25, -0.2) is 0 Å². The molecule has 1 heterocycles. The van der Waals surface area contributed by atoms with Crippen LogP contribution in [0, 0.1) is 5.92 Å². The van der Waals surface area contributed by atoms with Gasteiger partial charge in [-0.15, -0.1) is 0 Å². The number of carbonyl (C=O) groups is 2. The second-order valence-corrected chi connectivity index (χ2v) is 5.35. The van der Waals surface area contributed by atoms with Gasteiger partial charge < -0.3 is 15.5 Å².